The Kier molecular flexibility index (Phi) is 2.53. The highest BCUT2D eigenvalue weighted by Crippen LogP contribution is 2.24. The van der Waals surface area contributed by atoms with Crippen molar-refractivity contribution < 1.29 is 0 Å². The van der Waals surface area contributed by atoms with Crippen LogP contribution in [0.15, 0.2) is 53.1 Å². The van der Waals surface area contributed by atoms with Crippen molar-refractivity contribution in [2.75, 3.05) is 5.32 Å². The van der Waals surface area contributed by atoms with Crippen molar-refractivity contribution in [3.05, 3.63) is 53.1 Å². The van der Waals surface area contributed by atoms with Crippen molar-refractivity contribution in [3.8, 4) is 0 Å². The Morgan fingerprint density at radius 1 is 1.00 bits per heavy atom. The average Bonchev–Trinajstić information content (AvgIpc) is 2.76. The molecule has 84 valence electrons. The van der Waals surface area contributed by atoms with Crippen LogP contribution in [-0.2, 0) is 0 Å². The molecular formula is C12H9BrN4. The third-order valence-electron chi connectivity index (χ3n) is 2.43. The number of anilines is 2. The maximum absolute atomic E-state index is 4.11. The smallest absolute Gasteiger partial charge is 0.233 e. The van der Waals surface area contributed by atoms with Crippen molar-refractivity contribution in [1.82, 2.24) is 14.6 Å². The van der Waals surface area contributed by atoms with E-state index in [4.69, 9.17) is 0 Å². The van der Waals surface area contributed by atoms with Crippen LogP contribution in [0.2, 0.25) is 0 Å². The standard InChI is InChI=1S/C12H9BrN4/c13-9-5-1-2-6-10(9)14-12-16-15-11-7-3-4-8-17(11)12/h1-8H,(H,14,16). The summed E-state index contributed by atoms with van der Waals surface area (Å²) in [5, 5.41) is 11.4. The van der Waals surface area contributed by atoms with Crippen LogP contribution in [0.1, 0.15) is 0 Å². The first-order valence-corrected chi connectivity index (χ1v) is 5.95. The molecule has 0 unspecified atom stereocenters. The highest BCUT2D eigenvalue weighted by atomic mass is 79.9. The summed E-state index contributed by atoms with van der Waals surface area (Å²) in [6.07, 6.45) is 1.93. The summed E-state index contributed by atoms with van der Waals surface area (Å²) in [5.41, 5.74) is 1.78. The number of benzene rings is 1. The van der Waals surface area contributed by atoms with Crippen LogP contribution in [0.4, 0.5) is 11.6 Å². The predicted molar refractivity (Wildman–Crippen MR) is 70.4 cm³/mol. The maximum Gasteiger partial charge on any atom is 0.233 e. The molecule has 0 bridgehead atoms. The first-order chi connectivity index (χ1) is 8.34. The first-order valence-electron chi connectivity index (χ1n) is 5.16. The van der Waals surface area contributed by atoms with E-state index in [1.807, 2.05) is 53.1 Å². The Labute approximate surface area is 106 Å². The molecule has 0 spiro atoms. The molecule has 0 aliphatic carbocycles. The zero-order valence-corrected chi connectivity index (χ0v) is 10.4. The number of nitrogens with zero attached hydrogens (tertiary/aromatic N) is 3. The van der Waals surface area contributed by atoms with Crippen LogP contribution in [-0.4, -0.2) is 14.6 Å². The minimum absolute atomic E-state index is 0.701. The molecule has 0 atom stereocenters. The van der Waals surface area contributed by atoms with Crippen LogP contribution in [0.5, 0.6) is 0 Å². The van der Waals surface area contributed by atoms with Crippen LogP contribution < -0.4 is 5.32 Å². The van der Waals surface area contributed by atoms with E-state index in [2.05, 4.69) is 31.4 Å². The topological polar surface area (TPSA) is 42.2 Å². The highest BCUT2D eigenvalue weighted by Gasteiger charge is 2.05. The molecule has 0 aliphatic heterocycles. The molecule has 0 amide bonds. The van der Waals surface area contributed by atoms with Crippen molar-refractivity contribution in [3.63, 3.8) is 0 Å². The largest absolute Gasteiger partial charge is 0.323 e. The number of rotatable bonds is 2. The van der Waals surface area contributed by atoms with E-state index in [0.29, 0.717) is 5.95 Å². The van der Waals surface area contributed by atoms with Gasteiger partial charge in [-0.1, -0.05) is 18.2 Å². The lowest BCUT2D eigenvalue weighted by Gasteiger charge is -2.05. The Bertz CT molecular complexity index is 662. The molecule has 0 saturated heterocycles. The molecule has 5 heteroatoms. The zero-order chi connectivity index (χ0) is 11.7. The second kappa shape index (κ2) is 4.18. The maximum atomic E-state index is 4.11. The Hall–Kier alpha value is -1.88. The molecule has 1 N–H and O–H groups in total. The molecule has 0 radical (unpaired) electrons. The molecule has 3 aromatic rings. The van der Waals surface area contributed by atoms with E-state index < -0.39 is 0 Å². The lowest BCUT2D eigenvalue weighted by atomic mass is 10.3. The molecule has 1 aromatic carbocycles. The minimum atomic E-state index is 0.701. The number of aromatic nitrogens is 3. The normalized spacial score (nSPS) is 10.6. The molecule has 17 heavy (non-hydrogen) atoms. The molecule has 3 rings (SSSR count). The first kappa shape index (κ1) is 10.3. The molecule has 2 heterocycles. The van der Waals surface area contributed by atoms with Gasteiger partial charge in [-0.2, -0.15) is 0 Å². The van der Waals surface area contributed by atoms with Gasteiger partial charge < -0.3 is 5.32 Å². The van der Waals surface area contributed by atoms with Crippen molar-refractivity contribution in [2.24, 2.45) is 0 Å². The SMILES string of the molecule is Brc1ccccc1Nc1nnc2ccccn12. The summed E-state index contributed by atoms with van der Waals surface area (Å²) in [6.45, 7) is 0. The number of halogens is 1. The van der Waals surface area contributed by atoms with Crippen LogP contribution >= 0.6 is 15.9 Å². The van der Waals surface area contributed by atoms with Gasteiger partial charge in [0, 0.05) is 10.7 Å². The number of para-hydroxylation sites is 1. The lowest BCUT2D eigenvalue weighted by Crippen LogP contribution is -1.96. The quantitative estimate of drug-likeness (QED) is 0.787. The number of hydrogen-bond acceptors (Lipinski definition) is 3. The number of pyridine rings is 1. The fourth-order valence-corrected chi connectivity index (χ4v) is 1.99. The van der Waals surface area contributed by atoms with E-state index in [1.54, 1.807) is 0 Å². The molecule has 0 aliphatic rings. The van der Waals surface area contributed by atoms with Gasteiger partial charge in [-0.05, 0) is 40.2 Å². The molecule has 0 saturated carbocycles. The Morgan fingerprint density at radius 2 is 1.82 bits per heavy atom. The van der Waals surface area contributed by atoms with E-state index in [-0.39, 0.29) is 0 Å². The summed E-state index contributed by atoms with van der Waals surface area (Å²) >= 11 is 3.49. The highest BCUT2D eigenvalue weighted by molar-refractivity contribution is 9.10. The molecular weight excluding hydrogens is 280 g/mol. The van der Waals surface area contributed by atoms with E-state index >= 15 is 0 Å². The third kappa shape index (κ3) is 1.89. The number of hydrogen-bond donors (Lipinski definition) is 1. The van der Waals surface area contributed by atoms with Gasteiger partial charge >= 0.3 is 0 Å². The van der Waals surface area contributed by atoms with Crippen molar-refractivity contribution >= 4 is 33.2 Å². The molecule has 2 aromatic heterocycles. The lowest BCUT2D eigenvalue weighted by molar-refractivity contribution is 1.10. The van der Waals surface area contributed by atoms with Gasteiger partial charge in [-0.25, -0.2) is 0 Å². The van der Waals surface area contributed by atoms with Crippen LogP contribution in [0, 0.1) is 0 Å². The summed E-state index contributed by atoms with van der Waals surface area (Å²) in [5.74, 6) is 0.701. The fourth-order valence-electron chi connectivity index (χ4n) is 1.61. The minimum Gasteiger partial charge on any atom is -0.323 e. The molecule has 4 nitrogen and oxygen atoms in total. The second-order valence-electron chi connectivity index (χ2n) is 3.56. The van der Waals surface area contributed by atoms with Gasteiger partial charge in [0.05, 0.1) is 5.69 Å². The summed E-state index contributed by atoms with van der Waals surface area (Å²) in [6, 6.07) is 13.7. The number of fused-ring (bicyclic) bond motifs is 1. The summed E-state index contributed by atoms with van der Waals surface area (Å²) in [7, 11) is 0. The van der Waals surface area contributed by atoms with Gasteiger partial charge in [0.2, 0.25) is 5.95 Å². The fraction of sp³-hybridized carbons (Fsp3) is 0. The Morgan fingerprint density at radius 3 is 2.71 bits per heavy atom. The van der Waals surface area contributed by atoms with E-state index in [0.717, 1.165) is 15.8 Å². The predicted octanol–water partition coefficient (Wildman–Crippen LogP) is 3.24. The summed E-state index contributed by atoms with van der Waals surface area (Å²) < 4.78 is 2.90. The van der Waals surface area contributed by atoms with Gasteiger partial charge in [-0.15, -0.1) is 10.2 Å². The van der Waals surface area contributed by atoms with E-state index in [1.165, 1.54) is 0 Å². The third-order valence-corrected chi connectivity index (χ3v) is 3.13. The van der Waals surface area contributed by atoms with Gasteiger partial charge in [0.15, 0.2) is 5.65 Å². The van der Waals surface area contributed by atoms with Gasteiger partial charge in [0.25, 0.3) is 0 Å². The average molecular weight is 289 g/mol. The van der Waals surface area contributed by atoms with Crippen LogP contribution in [0.3, 0.4) is 0 Å². The summed E-state index contributed by atoms with van der Waals surface area (Å²) in [4.78, 5) is 0. The van der Waals surface area contributed by atoms with Crippen molar-refractivity contribution in [1.29, 1.82) is 0 Å². The molecule has 0 fully saturated rings. The second-order valence-corrected chi connectivity index (χ2v) is 4.41. The van der Waals surface area contributed by atoms with Crippen molar-refractivity contribution in [2.45, 2.75) is 0 Å². The van der Waals surface area contributed by atoms with Crippen LogP contribution in [0.25, 0.3) is 5.65 Å². The Balaban J connectivity index is 2.03. The monoisotopic (exact) mass is 288 g/mol. The number of nitrogens with one attached hydrogen (secondary N) is 1. The van der Waals surface area contributed by atoms with Gasteiger partial charge in [-0.3, -0.25) is 4.40 Å². The zero-order valence-electron chi connectivity index (χ0n) is 8.84. The van der Waals surface area contributed by atoms with Gasteiger partial charge in [0.1, 0.15) is 0 Å². The van der Waals surface area contributed by atoms with E-state index in [9.17, 15) is 0 Å².